The molecule has 1 unspecified atom stereocenters. The number of nitrogens with two attached hydrogens (primary N) is 1. The van der Waals surface area contributed by atoms with Gasteiger partial charge in [0.25, 0.3) is 0 Å². The lowest BCUT2D eigenvalue weighted by Crippen LogP contribution is -2.37. The van der Waals surface area contributed by atoms with Gasteiger partial charge < -0.3 is 5.73 Å². The Bertz CT molecular complexity index is 373. The Morgan fingerprint density at radius 2 is 2.19 bits per heavy atom. The summed E-state index contributed by atoms with van der Waals surface area (Å²) in [4.78, 5) is 12.0. The predicted octanol–water partition coefficient (Wildman–Crippen LogP) is 2.13. The molecule has 0 fully saturated rings. The molecular weight excluding hydrogens is 270 g/mol. The summed E-state index contributed by atoms with van der Waals surface area (Å²) in [6.07, 6.45) is 1.96. The molecule has 1 heterocycles. The van der Waals surface area contributed by atoms with Gasteiger partial charge >= 0.3 is 0 Å². The number of Topliss-reactive ketones (excluding diaryl/α,β-unsaturated/α-hetero) is 1. The van der Waals surface area contributed by atoms with Crippen LogP contribution in [-0.2, 0) is 7.05 Å². The van der Waals surface area contributed by atoms with Crippen LogP contribution in [0, 0.1) is 5.41 Å². The molecule has 0 amide bonds. The van der Waals surface area contributed by atoms with Crippen LogP contribution < -0.4 is 5.73 Å². The fourth-order valence-electron chi connectivity index (χ4n) is 1.33. The summed E-state index contributed by atoms with van der Waals surface area (Å²) in [5.74, 6) is 0.0225. The SMILES string of the molecule is Cn1ncc(Br)c1C(=O)CC(N)C(C)(C)C. The van der Waals surface area contributed by atoms with E-state index in [4.69, 9.17) is 5.73 Å². The number of carbonyl (C=O) groups excluding carboxylic acids is 1. The number of ketones is 1. The molecule has 0 saturated heterocycles. The van der Waals surface area contributed by atoms with Crippen molar-refractivity contribution >= 4 is 21.7 Å². The topological polar surface area (TPSA) is 60.9 Å². The highest BCUT2D eigenvalue weighted by atomic mass is 79.9. The summed E-state index contributed by atoms with van der Waals surface area (Å²) in [7, 11) is 1.75. The van der Waals surface area contributed by atoms with Gasteiger partial charge in [-0.1, -0.05) is 20.8 Å². The highest BCUT2D eigenvalue weighted by Gasteiger charge is 2.25. The highest BCUT2D eigenvalue weighted by molar-refractivity contribution is 9.10. The van der Waals surface area contributed by atoms with Crippen LogP contribution in [0.5, 0.6) is 0 Å². The van der Waals surface area contributed by atoms with Gasteiger partial charge in [-0.05, 0) is 21.3 Å². The largest absolute Gasteiger partial charge is 0.327 e. The molecule has 16 heavy (non-hydrogen) atoms. The number of hydrogen-bond acceptors (Lipinski definition) is 3. The van der Waals surface area contributed by atoms with Crippen LogP contribution in [0.4, 0.5) is 0 Å². The Morgan fingerprint density at radius 1 is 1.62 bits per heavy atom. The molecule has 4 nitrogen and oxygen atoms in total. The molecule has 0 aromatic carbocycles. The van der Waals surface area contributed by atoms with Gasteiger partial charge in [-0.25, -0.2) is 0 Å². The van der Waals surface area contributed by atoms with E-state index in [0.29, 0.717) is 12.1 Å². The lowest BCUT2D eigenvalue weighted by Gasteiger charge is -2.26. The predicted molar refractivity (Wildman–Crippen MR) is 67.3 cm³/mol. The number of aryl methyl sites for hydroxylation is 1. The maximum Gasteiger partial charge on any atom is 0.183 e. The zero-order valence-corrected chi connectivity index (χ0v) is 11.7. The van der Waals surface area contributed by atoms with Crippen molar-refractivity contribution in [1.82, 2.24) is 9.78 Å². The van der Waals surface area contributed by atoms with E-state index in [0.717, 1.165) is 4.47 Å². The van der Waals surface area contributed by atoms with Gasteiger partial charge in [0.2, 0.25) is 0 Å². The summed E-state index contributed by atoms with van der Waals surface area (Å²) >= 11 is 3.31. The van der Waals surface area contributed by atoms with Crippen molar-refractivity contribution in [2.24, 2.45) is 18.2 Å². The standard InChI is InChI=1S/C11H18BrN3O/c1-11(2,3)9(13)5-8(16)10-7(12)6-14-15(10)4/h6,9H,5,13H2,1-4H3. The van der Waals surface area contributed by atoms with E-state index in [9.17, 15) is 4.79 Å². The van der Waals surface area contributed by atoms with Gasteiger partial charge in [-0.3, -0.25) is 9.48 Å². The maximum absolute atomic E-state index is 12.0. The lowest BCUT2D eigenvalue weighted by molar-refractivity contribution is 0.0943. The van der Waals surface area contributed by atoms with Crippen molar-refractivity contribution in [2.45, 2.75) is 33.2 Å². The van der Waals surface area contributed by atoms with Crippen molar-refractivity contribution in [1.29, 1.82) is 0 Å². The van der Waals surface area contributed by atoms with E-state index in [2.05, 4.69) is 21.0 Å². The van der Waals surface area contributed by atoms with E-state index < -0.39 is 0 Å². The van der Waals surface area contributed by atoms with Crippen LogP contribution >= 0.6 is 15.9 Å². The second kappa shape index (κ2) is 4.67. The fraction of sp³-hybridized carbons (Fsp3) is 0.636. The normalized spacial score (nSPS) is 13.9. The van der Waals surface area contributed by atoms with Gasteiger partial charge in [-0.15, -0.1) is 0 Å². The number of rotatable bonds is 3. The van der Waals surface area contributed by atoms with Crippen LogP contribution in [0.15, 0.2) is 10.7 Å². The number of aromatic nitrogens is 2. The third-order valence-corrected chi connectivity index (χ3v) is 3.26. The van der Waals surface area contributed by atoms with Crippen molar-refractivity contribution < 1.29 is 4.79 Å². The van der Waals surface area contributed by atoms with E-state index in [-0.39, 0.29) is 17.2 Å². The molecule has 1 aromatic rings. The Labute approximate surface area is 104 Å². The van der Waals surface area contributed by atoms with E-state index in [1.807, 2.05) is 20.8 Å². The maximum atomic E-state index is 12.0. The van der Waals surface area contributed by atoms with Crippen LogP contribution in [-0.4, -0.2) is 21.6 Å². The molecule has 1 aromatic heterocycles. The van der Waals surface area contributed by atoms with Gasteiger partial charge in [0.15, 0.2) is 5.78 Å². The lowest BCUT2D eigenvalue weighted by atomic mass is 9.84. The molecule has 0 aliphatic carbocycles. The average Bonchev–Trinajstić information content (AvgIpc) is 2.44. The zero-order chi connectivity index (χ0) is 12.5. The fourth-order valence-corrected chi connectivity index (χ4v) is 1.90. The number of nitrogens with zero attached hydrogens (tertiary/aromatic N) is 2. The first-order valence-electron chi connectivity index (χ1n) is 5.19. The molecule has 90 valence electrons. The first-order valence-corrected chi connectivity index (χ1v) is 5.99. The first kappa shape index (κ1) is 13.4. The minimum absolute atomic E-state index is 0.0225. The van der Waals surface area contributed by atoms with Crippen molar-refractivity contribution in [3.63, 3.8) is 0 Å². The highest BCUT2D eigenvalue weighted by Crippen LogP contribution is 2.23. The van der Waals surface area contributed by atoms with Crippen LogP contribution in [0.3, 0.4) is 0 Å². The third-order valence-electron chi connectivity index (χ3n) is 2.68. The number of carbonyl (C=O) groups is 1. The minimum atomic E-state index is -0.151. The van der Waals surface area contributed by atoms with Crippen LogP contribution in [0.25, 0.3) is 0 Å². The molecular formula is C11H18BrN3O. The first-order chi connectivity index (χ1) is 7.23. The molecule has 0 spiro atoms. The summed E-state index contributed by atoms with van der Waals surface area (Å²) in [6, 6.07) is -0.151. The molecule has 5 heteroatoms. The smallest absolute Gasteiger partial charge is 0.183 e. The van der Waals surface area contributed by atoms with E-state index in [1.165, 1.54) is 0 Å². The van der Waals surface area contributed by atoms with Gasteiger partial charge in [0.05, 0.1) is 10.7 Å². The number of hydrogen-bond donors (Lipinski definition) is 1. The minimum Gasteiger partial charge on any atom is -0.327 e. The van der Waals surface area contributed by atoms with Crippen molar-refractivity contribution in [3.8, 4) is 0 Å². The molecule has 0 aliphatic heterocycles. The average molecular weight is 288 g/mol. The zero-order valence-electron chi connectivity index (χ0n) is 10.1. The summed E-state index contributed by atoms with van der Waals surface area (Å²) in [6.45, 7) is 6.09. The van der Waals surface area contributed by atoms with E-state index in [1.54, 1.807) is 17.9 Å². The van der Waals surface area contributed by atoms with Crippen molar-refractivity contribution in [3.05, 3.63) is 16.4 Å². The van der Waals surface area contributed by atoms with Gasteiger partial charge in [0.1, 0.15) is 5.69 Å². The van der Waals surface area contributed by atoms with Crippen LogP contribution in [0.1, 0.15) is 37.7 Å². The molecule has 0 radical (unpaired) electrons. The van der Waals surface area contributed by atoms with Gasteiger partial charge in [-0.2, -0.15) is 5.10 Å². The quantitative estimate of drug-likeness (QED) is 0.867. The third kappa shape index (κ3) is 2.92. The van der Waals surface area contributed by atoms with Gasteiger partial charge in [0, 0.05) is 19.5 Å². The summed E-state index contributed by atoms with van der Waals surface area (Å²) in [5.41, 5.74) is 6.51. The van der Waals surface area contributed by atoms with E-state index >= 15 is 0 Å². The molecule has 0 bridgehead atoms. The Hall–Kier alpha value is -0.680. The van der Waals surface area contributed by atoms with Crippen molar-refractivity contribution in [2.75, 3.05) is 0 Å². The Kier molecular flexibility index (Phi) is 3.91. The number of halogens is 1. The summed E-state index contributed by atoms with van der Waals surface area (Å²) < 4.78 is 2.29. The molecule has 0 saturated carbocycles. The summed E-state index contributed by atoms with van der Waals surface area (Å²) in [5, 5.41) is 4.01. The molecule has 0 aliphatic rings. The second-order valence-electron chi connectivity index (χ2n) is 5.06. The molecule has 1 atom stereocenters. The Morgan fingerprint density at radius 3 is 2.56 bits per heavy atom. The van der Waals surface area contributed by atoms with Crippen LogP contribution in [0.2, 0.25) is 0 Å². The monoisotopic (exact) mass is 287 g/mol. The molecule has 1 rings (SSSR count). The Balaban J connectivity index is 2.82. The molecule has 2 N–H and O–H groups in total. The second-order valence-corrected chi connectivity index (χ2v) is 5.92.